The van der Waals surface area contributed by atoms with Crippen molar-refractivity contribution in [3.8, 4) is 0 Å². The number of carbonyl (C=O) groups excluding carboxylic acids is 2. The predicted octanol–water partition coefficient (Wildman–Crippen LogP) is 1.47. The summed E-state index contributed by atoms with van der Waals surface area (Å²) in [5, 5.41) is 0. The van der Waals surface area contributed by atoms with Crippen LogP contribution < -0.4 is 5.73 Å². The van der Waals surface area contributed by atoms with Gasteiger partial charge in [-0.1, -0.05) is 12.1 Å². The van der Waals surface area contributed by atoms with Gasteiger partial charge >= 0.3 is 6.18 Å². The Labute approximate surface area is 138 Å². The molecule has 1 unspecified atom stereocenters. The topological polar surface area (TPSA) is 66.6 Å². The van der Waals surface area contributed by atoms with Crippen LogP contribution in [0.4, 0.5) is 13.2 Å². The van der Waals surface area contributed by atoms with Crippen molar-refractivity contribution in [1.29, 1.82) is 0 Å². The average Bonchev–Trinajstić information content (AvgIpc) is 2.70. The maximum absolute atomic E-state index is 12.6. The zero-order valence-electron chi connectivity index (χ0n) is 13.3. The highest BCUT2D eigenvalue weighted by Crippen LogP contribution is 2.29. The normalized spacial score (nSPS) is 19.8. The van der Waals surface area contributed by atoms with E-state index in [4.69, 9.17) is 5.73 Å². The van der Waals surface area contributed by atoms with Gasteiger partial charge in [0.25, 0.3) is 0 Å². The molecule has 2 N–H and O–H groups in total. The van der Waals surface area contributed by atoms with Gasteiger partial charge in [-0.25, -0.2) is 0 Å². The molecule has 1 aromatic rings. The molecule has 0 radical (unpaired) electrons. The zero-order chi connectivity index (χ0) is 17.9. The predicted molar refractivity (Wildman–Crippen MR) is 81.7 cm³/mol. The Hall–Kier alpha value is -2.09. The maximum atomic E-state index is 12.6. The second kappa shape index (κ2) is 7.21. The minimum Gasteiger partial charge on any atom is -0.369 e. The largest absolute Gasteiger partial charge is 0.416 e. The number of alkyl halides is 3. The third-order valence-corrected chi connectivity index (χ3v) is 4.14. The van der Waals surface area contributed by atoms with Crippen LogP contribution in [0.15, 0.2) is 24.3 Å². The fraction of sp³-hybridized carbons (Fsp3) is 0.500. The third kappa shape index (κ3) is 4.70. The molecule has 24 heavy (non-hydrogen) atoms. The number of halogens is 3. The monoisotopic (exact) mass is 343 g/mol. The van der Waals surface area contributed by atoms with E-state index in [0.29, 0.717) is 31.7 Å². The summed E-state index contributed by atoms with van der Waals surface area (Å²) in [6.07, 6.45) is -4.36. The van der Waals surface area contributed by atoms with Crippen molar-refractivity contribution in [3.05, 3.63) is 35.4 Å². The van der Waals surface area contributed by atoms with Crippen LogP contribution in [0.2, 0.25) is 0 Å². The smallest absolute Gasteiger partial charge is 0.369 e. The molecule has 1 atom stereocenters. The summed E-state index contributed by atoms with van der Waals surface area (Å²) >= 11 is 0. The molecule has 1 saturated heterocycles. The van der Waals surface area contributed by atoms with E-state index in [1.54, 1.807) is 4.90 Å². The van der Waals surface area contributed by atoms with Gasteiger partial charge in [0, 0.05) is 39.6 Å². The van der Waals surface area contributed by atoms with Crippen LogP contribution in [0.1, 0.15) is 18.1 Å². The second-order valence-corrected chi connectivity index (χ2v) is 5.99. The number of carbonyl (C=O) groups is 2. The maximum Gasteiger partial charge on any atom is 0.416 e. The van der Waals surface area contributed by atoms with Gasteiger partial charge in [-0.2, -0.15) is 13.2 Å². The Morgan fingerprint density at radius 3 is 2.29 bits per heavy atom. The van der Waals surface area contributed by atoms with Gasteiger partial charge < -0.3 is 10.6 Å². The summed E-state index contributed by atoms with van der Waals surface area (Å²) in [5.41, 5.74) is 5.41. The van der Waals surface area contributed by atoms with Gasteiger partial charge in [0.2, 0.25) is 11.8 Å². The van der Waals surface area contributed by atoms with Crippen molar-refractivity contribution in [2.24, 2.45) is 11.7 Å². The van der Waals surface area contributed by atoms with Crippen molar-refractivity contribution in [2.75, 3.05) is 26.2 Å². The van der Waals surface area contributed by atoms with Gasteiger partial charge in [-0.05, 0) is 17.7 Å². The minimum atomic E-state index is -4.36. The lowest BCUT2D eigenvalue weighted by Gasteiger charge is -2.22. The fourth-order valence-corrected chi connectivity index (χ4v) is 2.75. The van der Waals surface area contributed by atoms with Crippen molar-refractivity contribution in [2.45, 2.75) is 19.6 Å². The number of nitrogens with two attached hydrogens (primary N) is 1. The quantitative estimate of drug-likeness (QED) is 0.904. The van der Waals surface area contributed by atoms with E-state index in [0.717, 1.165) is 12.1 Å². The van der Waals surface area contributed by atoms with Crippen LogP contribution in [0.25, 0.3) is 0 Å². The summed E-state index contributed by atoms with van der Waals surface area (Å²) in [6.45, 7) is 3.47. The second-order valence-electron chi connectivity index (χ2n) is 5.99. The van der Waals surface area contributed by atoms with Crippen LogP contribution >= 0.6 is 0 Å². The highest BCUT2D eigenvalue weighted by atomic mass is 19.4. The Balaban J connectivity index is 2.08. The lowest BCUT2D eigenvalue weighted by Crippen LogP contribution is -2.39. The lowest BCUT2D eigenvalue weighted by molar-refractivity contribution is -0.137. The first-order valence-electron chi connectivity index (χ1n) is 7.60. The van der Waals surface area contributed by atoms with Crippen molar-refractivity contribution in [1.82, 2.24) is 9.80 Å². The Bertz CT molecular complexity index is 602. The molecule has 0 spiro atoms. The van der Waals surface area contributed by atoms with E-state index in [2.05, 4.69) is 0 Å². The van der Waals surface area contributed by atoms with Crippen molar-refractivity contribution in [3.63, 3.8) is 0 Å². The van der Waals surface area contributed by atoms with Crippen molar-refractivity contribution >= 4 is 11.8 Å². The number of amides is 2. The third-order valence-electron chi connectivity index (χ3n) is 4.14. The zero-order valence-corrected chi connectivity index (χ0v) is 13.3. The molecule has 2 amide bonds. The molecule has 1 aliphatic rings. The fourth-order valence-electron chi connectivity index (χ4n) is 2.75. The molecule has 1 fully saturated rings. The van der Waals surface area contributed by atoms with E-state index < -0.39 is 23.6 Å². The standard InChI is InChI=1S/C16H20F3N3O2/c1-11(23)22-7-6-21(9-13(10-22)15(20)24)8-12-2-4-14(5-3-12)16(17,18)19/h2-5,13H,6-10H2,1H3,(H2,20,24). The number of primary amides is 1. The number of nitrogens with zero attached hydrogens (tertiary/aromatic N) is 2. The minimum absolute atomic E-state index is 0.127. The van der Waals surface area contributed by atoms with E-state index in [1.807, 2.05) is 4.90 Å². The van der Waals surface area contributed by atoms with Gasteiger partial charge in [0.1, 0.15) is 0 Å². The average molecular weight is 343 g/mol. The Morgan fingerprint density at radius 1 is 1.17 bits per heavy atom. The molecule has 0 aromatic heterocycles. The van der Waals surface area contributed by atoms with E-state index in [-0.39, 0.29) is 12.5 Å². The van der Waals surface area contributed by atoms with Crippen LogP contribution in [-0.4, -0.2) is 47.8 Å². The SMILES string of the molecule is CC(=O)N1CCN(Cc2ccc(C(F)(F)F)cc2)CC(C(N)=O)C1. The molecule has 1 aliphatic heterocycles. The van der Waals surface area contributed by atoms with Gasteiger partial charge in [0.15, 0.2) is 0 Å². The van der Waals surface area contributed by atoms with Crippen LogP contribution in [0.5, 0.6) is 0 Å². The summed E-state index contributed by atoms with van der Waals surface area (Å²) < 4.78 is 37.8. The molecule has 5 nitrogen and oxygen atoms in total. The van der Waals surface area contributed by atoms with Gasteiger partial charge in [0.05, 0.1) is 11.5 Å². The molecule has 0 bridgehead atoms. The Kier molecular flexibility index (Phi) is 5.48. The molecule has 1 aromatic carbocycles. The summed E-state index contributed by atoms with van der Waals surface area (Å²) in [6, 6.07) is 4.94. The molecular weight excluding hydrogens is 323 g/mol. The molecule has 0 aliphatic carbocycles. The van der Waals surface area contributed by atoms with Crippen LogP contribution in [0.3, 0.4) is 0 Å². The molecule has 8 heteroatoms. The first-order valence-corrected chi connectivity index (χ1v) is 7.60. The number of rotatable bonds is 3. The van der Waals surface area contributed by atoms with Crippen LogP contribution in [0, 0.1) is 5.92 Å². The lowest BCUT2D eigenvalue weighted by atomic mass is 10.1. The Morgan fingerprint density at radius 2 is 1.79 bits per heavy atom. The van der Waals surface area contributed by atoms with Gasteiger partial charge in [-0.3, -0.25) is 14.5 Å². The number of hydrogen-bond donors (Lipinski definition) is 1. The number of benzene rings is 1. The first-order chi connectivity index (χ1) is 11.2. The molecule has 1 heterocycles. The molecule has 0 saturated carbocycles. The highest BCUT2D eigenvalue weighted by Gasteiger charge is 2.30. The van der Waals surface area contributed by atoms with Crippen molar-refractivity contribution < 1.29 is 22.8 Å². The first kappa shape index (κ1) is 18.3. The summed E-state index contributed by atoms with van der Waals surface area (Å²) in [7, 11) is 0. The van der Waals surface area contributed by atoms with E-state index in [1.165, 1.54) is 19.1 Å². The molecular formula is C16H20F3N3O2. The number of hydrogen-bond acceptors (Lipinski definition) is 3. The van der Waals surface area contributed by atoms with Gasteiger partial charge in [-0.15, -0.1) is 0 Å². The van der Waals surface area contributed by atoms with Crippen LogP contribution in [-0.2, 0) is 22.3 Å². The molecule has 132 valence electrons. The summed E-state index contributed by atoms with van der Waals surface area (Å²) in [4.78, 5) is 26.6. The summed E-state index contributed by atoms with van der Waals surface area (Å²) in [5.74, 6) is -1.11. The van der Waals surface area contributed by atoms with E-state index in [9.17, 15) is 22.8 Å². The highest BCUT2D eigenvalue weighted by molar-refractivity contribution is 5.79. The van der Waals surface area contributed by atoms with E-state index >= 15 is 0 Å². The molecule has 2 rings (SSSR count).